The summed E-state index contributed by atoms with van der Waals surface area (Å²) in [6.07, 6.45) is -0.0495. The van der Waals surface area contributed by atoms with E-state index in [1.54, 1.807) is 0 Å². The van der Waals surface area contributed by atoms with Gasteiger partial charge in [-0.15, -0.1) is 15.3 Å². The van der Waals surface area contributed by atoms with Gasteiger partial charge in [-0.3, -0.25) is 9.78 Å². The van der Waals surface area contributed by atoms with Gasteiger partial charge in [0.2, 0.25) is 17.5 Å². The lowest BCUT2D eigenvalue weighted by Crippen LogP contribution is -2.31. The molecule has 2 atom stereocenters. The minimum absolute atomic E-state index is 0.0179. The highest BCUT2D eigenvalue weighted by Crippen LogP contribution is 2.44. The third-order valence-electron chi connectivity index (χ3n) is 3.82. The van der Waals surface area contributed by atoms with Gasteiger partial charge in [0.15, 0.2) is 5.82 Å². The lowest BCUT2D eigenvalue weighted by Gasteiger charge is -2.32. The summed E-state index contributed by atoms with van der Waals surface area (Å²) in [5.41, 5.74) is 4.91. The van der Waals surface area contributed by atoms with Crippen molar-refractivity contribution in [2.24, 2.45) is 5.92 Å². The molecule has 0 amide bonds. The lowest BCUT2D eigenvalue weighted by atomic mass is 9.78. The smallest absolute Gasteiger partial charge is 0.297 e. The average Bonchev–Trinajstić information content (AvgIpc) is 2.76. The second kappa shape index (κ2) is 4.22. The van der Waals surface area contributed by atoms with Crippen LogP contribution < -0.4 is 11.3 Å². The number of nitrogen functional groups attached to an aromatic ring is 1. The molecule has 3 rings (SSSR count). The molecule has 0 spiro atoms. The summed E-state index contributed by atoms with van der Waals surface area (Å²) in [5, 5.41) is 11.5. The summed E-state index contributed by atoms with van der Waals surface area (Å²) in [6, 6.07) is 0. The summed E-state index contributed by atoms with van der Waals surface area (Å²) in [7, 11) is 0. The zero-order chi connectivity index (χ0) is 14.5. The van der Waals surface area contributed by atoms with E-state index in [0.29, 0.717) is 6.42 Å². The molecule has 1 aliphatic carbocycles. The molecule has 0 bridgehead atoms. The van der Waals surface area contributed by atoms with Gasteiger partial charge in [-0.25, -0.2) is 8.78 Å². The van der Waals surface area contributed by atoms with E-state index in [4.69, 9.17) is 5.73 Å². The molecule has 7 nitrogen and oxygen atoms in total. The largest absolute Gasteiger partial charge is 0.368 e. The van der Waals surface area contributed by atoms with E-state index in [9.17, 15) is 13.6 Å². The normalized spacial score (nSPS) is 25.9. The van der Waals surface area contributed by atoms with E-state index >= 15 is 0 Å². The van der Waals surface area contributed by atoms with Gasteiger partial charge < -0.3 is 5.73 Å². The van der Waals surface area contributed by atoms with Crippen LogP contribution in [0.5, 0.6) is 0 Å². The molecule has 2 unspecified atom stereocenters. The molecular formula is C11H14F2N6O. The topological polar surface area (TPSA) is 102 Å². The third-order valence-corrected chi connectivity index (χ3v) is 3.82. The van der Waals surface area contributed by atoms with Crippen LogP contribution in [0.4, 0.5) is 14.7 Å². The Morgan fingerprint density at radius 1 is 1.45 bits per heavy atom. The van der Waals surface area contributed by atoms with E-state index in [-0.39, 0.29) is 36.2 Å². The zero-order valence-corrected chi connectivity index (χ0v) is 10.8. The first-order chi connectivity index (χ1) is 9.37. The molecule has 1 fully saturated rings. The van der Waals surface area contributed by atoms with Crippen molar-refractivity contribution in [3.8, 4) is 0 Å². The van der Waals surface area contributed by atoms with Crippen molar-refractivity contribution in [3.05, 3.63) is 16.2 Å². The second-order valence-electron chi connectivity index (χ2n) is 5.32. The van der Waals surface area contributed by atoms with Crippen LogP contribution in [0.2, 0.25) is 0 Å². The van der Waals surface area contributed by atoms with Gasteiger partial charge in [-0.2, -0.15) is 4.52 Å². The van der Waals surface area contributed by atoms with Crippen LogP contribution in [0.15, 0.2) is 4.79 Å². The number of rotatable bonds is 1. The third kappa shape index (κ3) is 2.02. The Kier molecular flexibility index (Phi) is 2.73. The first-order valence-corrected chi connectivity index (χ1v) is 6.36. The molecular weight excluding hydrogens is 270 g/mol. The van der Waals surface area contributed by atoms with Crippen molar-refractivity contribution in [2.45, 2.75) is 38.0 Å². The number of hydrogen-bond donors (Lipinski definition) is 2. The number of anilines is 1. The molecule has 2 aromatic rings. The van der Waals surface area contributed by atoms with E-state index in [0.717, 1.165) is 0 Å². The molecule has 3 N–H and O–H groups in total. The highest BCUT2D eigenvalue weighted by molar-refractivity contribution is 5.36. The van der Waals surface area contributed by atoms with Gasteiger partial charge in [0.05, 0.1) is 0 Å². The predicted octanol–water partition coefficient (Wildman–Crippen LogP) is 0.934. The molecule has 108 valence electrons. The Hall–Kier alpha value is -2.06. The Balaban J connectivity index is 2.12. The minimum Gasteiger partial charge on any atom is -0.368 e. The SMILES string of the molecule is CC1CCC(F)(F)CC1c1nnc2c(=O)[nH]c(N)nn12. The molecule has 0 saturated heterocycles. The quantitative estimate of drug-likeness (QED) is 0.811. The van der Waals surface area contributed by atoms with Gasteiger partial charge in [0, 0.05) is 18.8 Å². The number of H-pyrrole nitrogens is 1. The number of aromatic nitrogens is 5. The molecule has 0 radical (unpaired) electrons. The van der Waals surface area contributed by atoms with Gasteiger partial charge in [-0.05, 0) is 12.3 Å². The Bertz CT molecular complexity index is 708. The van der Waals surface area contributed by atoms with Gasteiger partial charge in [-0.1, -0.05) is 6.92 Å². The number of alkyl halides is 2. The van der Waals surface area contributed by atoms with Crippen LogP contribution in [0.25, 0.3) is 5.65 Å². The van der Waals surface area contributed by atoms with Crippen LogP contribution in [0, 0.1) is 5.92 Å². The fraction of sp³-hybridized carbons (Fsp3) is 0.636. The molecule has 9 heteroatoms. The number of aromatic amines is 1. The van der Waals surface area contributed by atoms with E-state index in [2.05, 4.69) is 20.3 Å². The predicted molar refractivity (Wildman–Crippen MR) is 66.5 cm³/mol. The van der Waals surface area contributed by atoms with E-state index < -0.39 is 17.4 Å². The summed E-state index contributed by atoms with van der Waals surface area (Å²) in [4.78, 5) is 14.0. The summed E-state index contributed by atoms with van der Waals surface area (Å²) in [6.45, 7) is 1.89. The molecule has 0 aromatic carbocycles. The van der Waals surface area contributed by atoms with Crippen LogP contribution in [-0.4, -0.2) is 30.7 Å². The Morgan fingerprint density at radius 3 is 2.95 bits per heavy atom. The van der Waals surface area contributed by atoms with Gasteiger partial charge in [0.25, 0.3) is 5.56 Å². The van der Waals surface area contributed by atoms with Crippen LogP contribution in [0.3, 0.4) is 0 Å². The molecule has 2 aromatic heterocycles. The van der Waals surface area contributed by atoms with Crippen molar-refractivity contribution >= 4 is 11.6 Å². The maximum absolute atomic E-state index is 13.6. The zero-order valence-electron chi connectivity index (χ0n) is 10.8. The standard InChI is InChI=1S/C11H14F2N6O/c1-5-2-3-11(12,13)4-6(5)7-16-17-8-9(20)15-10(14)18-19(7)8/h5-6H,2-4H2,1H3,(H3,14,15,18,20). The molecule has 20 heavy (non-hydrogen) atoms. The van der Waals surface area contributed by atoms with Crippen LogP contribution in [0.1, 0.15) is 37.9 Å². The fourth-order valence-corrected chi connectivity index (χ4v) is 2.68. The van der Waals surface area contributed by atoms with Crippen molar-refractivity contribution in [1.82, 2.24) is 24.8 Å². The highest BCUT2D eigenvalue weighted by atomic mass is 19.3. The van der Waals surface area contributed by atoms with Crippen molar-refractivity contribution in [3.63, 3.8) is 0 Å². The van der Waals surface area contributed by atoms with Crippen molar-refractivity contribution < 1.29 is 8.78 Å². The second-order valence-corrected chi connectivity index (χ2v) is 5.32. The number of nitrogens with two attached hydrogens (primary N) is 1. The Labute approximate surface area is 112 Å². The number of nitrogens with zero attached hydrogens (tertiary/aromatic N) is 4. The summed E-state index contributed by atoms with van der Waals surface area (Å²) in [5.74, 6) is -3.04. The number of hydrogen-bond acceptors (Lipinski definition) is 5. The van der Waals surface area contributed by atoms with Crippen LogP contribution >= 0.6 is 0 Å². The lowest BCUT2D eigenvalue weighted by molar-refractivity contribution is -0.0538. The molecule has 1 saturated carbocycles. The molecule has 0 aliphatic heterocycles. The number of fused-ring (bicyclic) bond motifs is 1. The van der Waals surface area contributed by atoms with E-state index in [1.807, 2.05) is 6.92 Å². The molecule has 1 aliphatic rings. The maximum Gasteiger partial charge on any atom is 0.297 e. The van der Waals surface area contributed by atoms with Crippen molar-refractivity contribution in [1.29, 1.82) is 0 Å². The summed E-state index contributed by atoms with van der Waals surface area (Å²) < 4.78 is 28.4. The average molecular weight is 284 g/mol. The fourth-order valence-electron chi connectivity index (χ4n) is 2.68. The van der Waals surface area contributed by atoms with E-state index in [1.165, 1.54) is 4.52 Å². The summed E-state index contributed by atoms with van der Waals surface area (Å²) >= 11 is 0. The van der Waals surface area contributed by atoms with Gasteiger partial charge in [0.1, 0.15) is 0 Å². The van der Waals surface area contributed by atoms with Gasteiger partial charge >= 0.3 is 0 Å². The first-order valence-electron chi connectivity index (χ1n) is 6.36. The highest BCUT2D eigenvalue weighted by Gasteiger charge is 2.42. The number of nitrogens with one attached hydrogen (secondary N) is 1. The van der Waals surface area contributed by atoms with Crippen molar-refractivity contribution in [2.75, 3.05) is 5.73 Å². The minimum atomic E-state index is -2.73. The maximum atomic E-state index is 13.6. The first kappa shape index (κ1) is 12.9. The van der Waals surface area contributed by atoms with Crippen LogP contribution in [-0.2, 0) is 0 Å². The monoisotopic (exact) mass is 284 g/mol. The number of halogens is 2. The molecule has 2 heterocycles. The Morgan fingerprint density at radius 2 is 2.20 bits per heavy atom.